The van der Waals surface area contributed by atoms with Crippen LogP contribution >= 0.6 is 0 Å². The lowest BCUT2D eigenvalue weighted by Gasteiger charge is -2.10. The molecule has 0 saturated carbocycles. The van der Waals surface area contributed by atoms with E-state index < -0.39 is 36.1 Å². The van der Waals surface area contributed by atoms with E-state index in [1.807, 2.05) is 0 Å². The van der Waals surface area contributed by atoms with Crippen molar-refractivity contribution in [1.82, 2.24) is 0 Å². The zero-order valence-electron chi connectivity index (χ0n) is 17.7. The van der Waals surface area contributed by atoms with Gasteiger partial charge in [-0.15, -0.1) is 0 Å². The number of ether oxygens (including phenoxy) is 4. The lowest BCUT2D eigenvalue weighted by molar-refractivity contribution is -0.142. The Bertz CT molecular complexity index is 1220. The highest BCUT2D eigenvalue weighted by Gasteiger charge is 2.46. The highest BCUT2D eigenvalue weighted by atomic mass is 16.7. The van der Waals surface area contributed by atoms with Crippen LogP contribution in [-0.2, 0) is 23.7 Å². The molecule has 0 aliphatic carbocycles. The molecule has 34 heavy (non-hydrogen) atoms. The molecule has 1 heterocycles. The van der Waals surface area contributed by atoms with E-state index in [4.69, 9.17) is 18.9 Å². The van der Waals surface area contributed by atoms with Crippen LogP contribution in [-0.4, -0.2) is 36.1 Å². The monoisotopic (exact) mass is 458 g/mol. The van der Waals surface area contributed by atoms with Crippen molar-refractivity contribution >= 4 is 23.7 Å². The average molecular weight is 458 g/mol. The summed E-state index contributed by atoms with van der Waals surface area (Å²) in [6.45, 7) is 0. The van der Waals surface area contributed by atoms with E-state index in [0.717, 1.165) is 6.26 Å². The number of esters is 3. The molecule has 1 saturated heterocycles. The Morgan fingerprint density at radius 1 is 0.647 bits per heavy atom. The van der Waals surface area contributed by atoms with Gasteiger partial charge in [0.1, 0.15) is 6.26 Å². The first kappa shape index (κ1) is 22.5. The predicted molar refractivity (Wildman–Crippen MR) is 117 cm³/mol. The second-order valence-electron chi connectivity index (χ2n) is 7.07. The van der Waals surface area contributed by atoms with Gasteiger partial charge in [-0.1, -0.05) is 54.6 Å². The molecule has 0 bridgehead atoms. The number of carbonyl (C=O) groups is 4. The third kappa shape index (κ3) is 5.18. The van der Waals surface area contributed by atoms with E-state index in [1.165, 1.54) is 24.3 Å². The van der Waals surface area contributed by atoms with Crippen molar-refractivity contribution in [3.63, 3.8) is 0 Å². The summed E-state index contributed by atoms with van der Waals surface area (Å²) in [6.07, 6.45) is -2.40. The maximum atomic E-state index is 12.9. The van der Waals surface area contributed by atoms with Crippen LogP contribution in [0.1, 0.15) is 31.1 Å². The molecule has 1 aliphatic rings. The molecule has 4 rings (SSSR count). The zero-order valence-corrected chi connectivity index (χ0v) is 17.7. The van der Waals surface area contributed by atoms with Gasteiger partial charge in [0.2, 0.25) is 6.10 Å². The summed E-state index contributed by atoms with van der Waals surface area (Å²) in [5, 5.41) is 0. The summed E-state index contributed by atoms with van der Waals surface area (Å²) in [6, 6.07) is 24.1. The molecule has 1 aliphatic heterocycles. The first-order chi connectivity index (χ1) is 16.5. The second-order valence-corrected chi connectivity index (χ2v) is 7.07. The van der Waals surface area contributed by atoms with Crippen molar-refractivity contribution in [3.8, 4) is 0 Å². The summed E-state index contributed by atoms with van der Waals surface area (Å²) >= 11 is 0. The third-order valence-corrected chi connectivity index (χ3v) is 4.74. The summed E-state index contributed by atoms with van der Waals surface area (Å²) in [5.41, 5.74) is 0.652. The van der Waals surface area contributed by atoms with Crippen LogP contribution in [0.4, 0.5) is 0 Å². The highest BCUT2D eigenvalue weighted by Crippen LogP contribution is 2.26. The molecule has 3 aromatic carbocycles. The van der Waals surface area contributed by atoms with Gasteiger partial charge in [-0.3, -0.25) is 4.79 Å². The second kappa shape index (κ2) is 10.3. The third-order valence-electron chi connectivity index (χ3n) is 4.74. The van der Waals surface area contributed by atoms with Gasteiger partial charge in [-0.2, -0.15) is 0 Å². The lowest BCUT2D eigenvalue weighted by Crippen LogP contribution is -2.31. The molecule has 0 amide bonds. The average Bonchev–Trinajstić information content (AvgIpc) is 3.17. The first-order valence-electron chi connectivity index (χ1n) is 10.2. The predicted octanol–water partition coefficient (Wildman–Crippen LogP) is 3.69. The van der Waals surface area contributed by atoms with Crippen LogP contribution in [0.2, 0.25) is 0 Å². The smallest absolute Gasteiger partial charge is 0.343 e. The van der Waals surface area contributed by atoms with Crippen LogP contribution in [0.5, 0.6) is 0 Å². The van der Waals surface area contributed by atoms with E-state index in [2.05, 4.69) is 0 Å². The van der Waals surface area contributed by atoms with Crippen molar-refractivity contribution in [3.05, 3.63) is 120 Å². The molecule has 8 nitrogen and oxygen atoms in total. The Hall–Kier alpha value is -4.72. The molecule has 0 aromatic heterocycles. The number of hydrogen-bond acceptors (Lipinski definition) is 8. The van der Waals surface area contributed by atoms with Gasteiger partial charge in [0.05, 0.1) is 16.7 Å². The standard InChI is InChI=1S/C26H18O8/c27-21-22(33-24(29)18-12-6-2-7-13-18)20(16-31-23(28)17-10-4-1-5-11-17)32-26(21)34-25(30)19-14-8-3-9-15-19/h1-16,22,26H/b20-16+/t22-,26-/m1/s1. The molecule has 0 N–H and O–H groups in total. The normalized spacial score (nSPS) is 18.1. The van der Waals surface area contributed by atoms with Crippen LogP contribution in [0.25, 0.3) is 0 Å². The Labute approximate surface area is 194 Å². The van der Waals surface area contributed by atoms with Crippen molar-refractivity contribution in [2.45, 2.75) is 12.4 Å². The maximum absolute atomic E-state index is 12.9. The zero-order chi connectivity index (χ0) is 23.9. The summed E-state index contributed by atoms with van der Waals surface area (Å²) in [4.78, 5) is 50.1. The van der Waals surface area contributed by atoms with E-state index >= 15 is 0 Å². The SMILES string of the molecule is O=C(O/C=C1/O[C@H](OC(=O)c2ccccc2)C(=O)[C@@H]1OC(=O)c1ccccc1)c1ccccc1. The molecule has 3 aromatic rings. The van der Waals surface area contributed by atoms with Gasteiger partial charge in [-0.05, 0) is 36.4 Å². The Balaban J connectivity index is 1.54. The van der Waals surface area contributed by atoms with Gasteiger partial charge in [0.15, 0.2) is 5.76 Å². The van der Waals surface area contributed by atoms with E-state index in [9.17, 15) is 19.2 Å². The van der Waals surface area contributed by atoms with Crippen LogP contribution in [0.15, 0.2) is 103 Å². The van der Waals surface area contributed by atoms with Gasteiger partial charge < -0.3 is 18.9 Å². The molecule has 0 spiro atoms. The summed E-state index contributed by atoms with van der Waals surface area (Å²) in [7, 11) is 0. The van der Waals surface area contributed by atoms with E-state index in [1.54, 1.807) is 66.7 Å². The molecule has 2 atom stereocenters. The topological polar surface area (TPSA) is 105 Å². The fourth-order valence-electron chi connectivity index (χ4n) is 3.04. The first-order valence-corrected chi connectivity index (χ1v) is 10.2. The van der Waals surface area contributed by atoms with Crippen molar-refractivity contribution in [2.75, 3.05) is 0 Å². The van der Waals surface area contributed by atoms with Crippen LogP contribution in [0.3, 0.4) is 0 Å². The summed E-state index contributed by atoms with van der Waals surface area (Å²) in [5.74, 6) is -3.46. The van der Waals surface area contributed by atoms with Crippen molar-refractivity contribution < 1.29 is 38.1 Å². The van der Waals surface area contributed by atoms with E-state index in [-0.39, 0.29) is 22.4 Å². The van der Waals surface area contributed by atoms with E-state index in [0.29, 0.717) is 0 Å². The fourth-order valence-corrected chi connectivity index (χ4v) is 3.04. The molecule has 8 heteroatoms. The Morgan fingerprint density at radius 2 is 1.09 bits per heavy atom. The Morgan fingerprint density at radius 3 is 1.59 bits per heavy atom. The number of Topliss-reactive ketones (excluding diaryl/α,β-unsaturated/α-hetero) is 1. The molecular weight excluding hydrogens is 440 g/mol. The van der Waals surface area contributed by atoms with Crippen LogP contribution in [0, 0.1) is 0 Å². The van der Waals surface area contributed by atoms with Crippen molar-refractivity contribution in [1.29, 1.82) is 0 Å². The number of benzene rings is 3. The fraction of sp³-hybridized carbons (Fsp3) is 0.0769. The number of rotatable bonds is 6. The van der Waals surface area contributed by atoms with Gasteiger partial charge in [0, 0.05) is 0 Å². The maximum Gasteiger partial charge on any atom is 0.343 e. The largest absolute Gasteiger partial charge is 0.444 e. The molecule has 170 valence electrons. The lowest BCUT2D eigenvalue weighted by atomic mass is 10.2. The highest BCUT2D eigenvalue weighted by molar-refractivity contribution is 5.98. The van der Waals surface area contributed by atoms with Crippen LogP contribution < -0.4 is 0 Å². The number of hydrogen-bond donors (Lipinski definition) is 0. The minimum absolute atomic E-state index is 0.195. The molecule has 0 unspecified atom stereocenters. The van der Waals surface area contributed by atoms with Gasteiger partial charge in [0.25, 0.3) is 5.78 Å². The minimum Gasteiger partial charge on any atom is -0.444 e. The minimum atomic E-state index is -1.69. The number of carbonyl (C=O) groups excluding carboxylic acids is 4. The Kier molecular flexibility index (Phi) is 6.78. The number of ketones is 1. The molecule has 0 radical (unpaired) electrons. The van der Waals surface area contributed by atoms with Gasteiger partial charge in [-0.25, -0.2) is 14.4 Å². The van der Waals surface area contributed by atoms with Gasteiger partial charge >= 0.3 is 24.2 Å². The molecular formula is C26H18O8. The molecule has 1 fully saturated rings. The van der Waals surface area contributed by atoms with Crippen molar-refractivity contribution in [2.24, 2.45) is 0 Å². The quantitative estimate of drug-likeness (QED) is 0.313. The summed E-state index contributed by atoms with van der Waals surface area (Å²) < 4.78 is 21.0.